The van der Waals surface area contributed by atoms with Crippen LogP contribution in [0.1, 0.15) is 21.8 Å². The number of hydrogen-bond acceptors (Lipinski definition) is 5. The Kier molecular flexibility index (Phi) is 4.98. The van der Waals surface area contributed by atoms with Crippen LogP contribution in [-0.4, -0.2) is 9.97 Å². The molecule has 0 atom stereocenters. The maximum Gasteiger partial charge on any atom is 0.260 e. The summed E-state index contributed by atoms with van der Waals surface area (Å²) < 4.78 is 5.85. The minimum Gasteiger partial charge on any atom is -0.457 e. The van der Waals surface area contributed by atoms with Gasteiger partial charge < -0.3 is 9.72 Å². The van der Waals surface area contributed by atoms with Crippen molar-refractivity contribution in [2.75, 3.05) is 0 Å². The number of nitrogens with one attached hydrogen (secondary N) is 1. The first-order chi connectivity index (χ1) is 14.0. The van der Waals surface area contributed by atoms with Crippen LogP contribution in [0.3, 0.4) is 0 Å². The lowest BCUT2D eigenvalue weighted by Gasteiger charge is -2.06. The first-order valence-corrected chi connectivity index (χ1v) is 9.82. The van der Waals surface area contributed by atoms with Gasteiger partial charge in [-0.1, -0.05) is 30.3 Å². The monoisotopic (exact) mass is 399 g/mol. The van der Waals surface area contributed by atoms with Gasteiger partial charge >= 0.3 is 0 Å². The van der Waals surface area contributed by atoms with E-state index in [9.17, 15) is 10.1 Å². The fourth-order valence-electron chi connectivity index (χ4n) is 2.99. The zero-order chi connectivity index (χ0) is 20.4. The maximum atomic E-state index is 12.5. The second-order valence-corrected chi connectivity index (χ2v) is 7.74. The third-order valence-corrected chi connectivity index (χ3v) is 5.66. The van der Waals surface area contributed by atoms with Crippen molar-refractivity contribution in [2.45, 2.75) is 13.8 Å². The molecule has 4 rings (SSSR count). The van der Waals surface area contributed by atoms with E-state index < -0.39 is 0 Å². The molecule has 0 bridgehead atoms. The van der Waals surface area contributed by atoms with Gasteiger partial charge in [0.2, 0.25) is 0 Å². The van der Waals surface area contributed by atoms with Crippen LogP contribution >= 0.6 is 11.3 Å². The van der Waals surface area contributed by atoms with E-state index in [0.717, 1.165) is 21.8 Å². The Hall–Kier alpha value is -3.69. The summed E-state index contributed by atoms with van der Waals surface area (Å²) >= 11 is 1.46. The summed E-state index contributed by atoms with van der Waals surface area (Å²) in [6, 6.07) is 19.0. The molecule has 2 aromatic heterocycles. The molecule has 0 aliphatic heterocycles. The number of fused-ring (bicyclic) bond motifs is 1. The highest BCUT2D eigenvalue weighted by Crippen LogP contribution is 2.27. The Labute approximate surface area is 171 Å². The third kappa shape index (κ3) is 3.82. The van der Waals surface area contributed by atoms with E-state index in [-0.39, 0.29) is 17.0 Å². The minimum absolute atomic E-state index is 0.228. The molecule has 0 amide bonds. The van der Waals surface area contributed by atoms with Gasteiger partial charge in [-0.3, -0.25) is 4.79 Å². The summed E-state index contributed by atoms with van der Waals surface area (Å²) in [4.78, 5) is 21.5. The molecule has 2 aromatic carbocycles. The molecule has 4 aromatic rings. The van der Waals surface area contributed by atoms with E-state index >= 15 is 0 Å². The molecule has 0 spiro atoms. The summed E-state index contributed by atoms with van der Waals surface area (Å²) in [5.74, 6) is 1.65. The van der Waals surface area contributed by atoms with Gasteiger partial charge in [0.25, 0.3) is 5.56 Å². The zero-order valence-electron chi connectivity index (χ0n) is 15.9. The summed E-state index contributed by atoms with van der Waals surface area (Å²) in [5.41, 5.74) is 1.76. The van der Waals surface area contributed by atoms with Crippen molar-refractivity contribution >= 4 is 33.2 Å². The van der Waals surface area contributed by atoms with E-state index in [4.69, 9.17) is 4.74 Å². The normalized spacial score (nSPS) is 11.4. The number of aromatic amines is 1. The molecular formula is C23H17N3O2S. The second-order valence-electron chi connectivity index (χ2n) is 6.54. The summed E-state index contributed by atoms with van der Waals surface area (Å²) in [5, 5.41) is 10.2. The molecule has 0 saturated heterocycles. The molecule has 0 aliphatic rings. The van der Waals surface area contributed by atoms with Gasteiger partial charge in [0, 0.05) is 4.88 Å². The van der Waals surface area contributed by atoms with Crippen molar-refractivity contribution in [3.8, 4) is 17.6 Å². The Morgan fingerprint density at radius 3 is 2.66 bits per heavy atom. The SMILES string of the molecule is Cc1sc2nc(/C(C#N)=C/c3cccc(Oc4ccccc4)c3)[nH]c(=O)c2c1C. The molecule has 1 N–H and O–H groups in total. The van der Waals surface area contributed by atoms with Gasteiger partial charge in [-0.2, -0.15) is 5.26 Å². The Bertz CT molecular complexity index is 1330. The van der Waals surface area contributed by atoms with Crippen molar-refractivity contribution in [2.24, 2.45) is 0 Å². The zero-order valence-corrected chi connectivity index (χ0v) is 16.7. The van der Waals surface area contributed by atoms with Crippen LogP contribution in [0.25, 0.3) is 21.9 Å². The average Bonchev–Trinajstić information content (AvgIpc) is 3.01. The van der Waals surface area contributed by atoms with Crippen LogP contribution in [0, 0.1) is 25.2 Å². The van der Waals surface area contributed by atoms with Crippen molar-refractivity contribution < 1.29 is 4.74 Å². The molecule has 6 heteroatoms. The second kappa shape index (κ2) is 7.74. The number of thiophene rings is 1. The molecule has 0 fully saturated rings. The summed E-state index contributed by atoms with van der Waals surface area (Å²) in [6.07, 6.45) is 1.69. The fraction of sp³-hybridized carbons (Fsp3) is 0.0870. The highest BCUT2D eigenvalue weighted by molar-refractivity contribution is 7.18. The summed E-state index contributed by atoms with van der Waals surface area (Å²) in [7, 11) is 0. The predicted molar refractivity (Wildman–Crippen MR) is 116 cm³/mol. The minimum atomic E-state index is -0.228. The molecule has 5 nitrogen and oxygen atoms in total. The largest absolute Gasteiger partial charge is 0.457 e. The molecule has 29 heavy (non-hydrogen) atoms. The number of rotatable bonds is 4. The Morgan fingerprint density at radius 1 is 1.14 bits per heavy atom. The van der Waals surface area contributed by atoms with Crippen LogP contribution in [-0.2, 0) is 0 Å². The van der Waals surface area contributed by atoms with Crippen molar-refractivity contribution in [1.29, 1.82) is 5.26 Å². The van der Waals surface area contributed by atoms with E-state index in [0.29, 0.717) is 16.0 Å². The number of nitriles is 1. The van der Waals surface area contributed by atoms with E-state index in [1.807, 2.05) is 68.4 Å². The lowest BCUT2D eigenvalue weighted by atomic mass is 10.1. The molecule has 142 valence electrons. The predicted octanol–water partition coefficient (Wildman–Crippen LogP) is 5.46. The van der Waals surface area contributed by atoms with Gasteiger partial charge in [0.15, 0.2) is 5.82 Å². The van der Waals surface area contributed by atoms with E-state index in [2.05, 4.69) is 16.0 Å². The number of hydrogen-bond donors (Lipinski definition) is 1. The van der Waals surface area contributed by atoms with Crippen LogP contribution in [0.4, 0.5) is 0 Å². The van der Waals surface area contributed by atoms with Crippen molar-refractivity contribution in [1.82, 2.24) is 9.97 Å². The average molecular weight is 399 g/mol. The lowest BCUT2D eigenvalue weighted by Crippen LogP contribution is -2.10. The van der Waals surface area contributed by atoms with Gasteiger partial charge in [0.05, 0.1) is 11.0 Å². The third-order valence-electron chi connectivity index (χ3n) is 4.56. The van der Waals surface area contributed by atoms with Gasteiger partial charge in [-0.15, -0.1) is 11.3 Å². The topological polar surface area (TPSA) is 78.8 Å². The van der Waals surface area contributed by atoms with Gasteiger partial charge in [0.1, 0.15) is 22.4 Å². The van der Waals surface area contributed by atoms with E-state index in [1.54, 1.807) is 6.08 Å². The standard InChI is InChI=1S/C23H17N3O2S/c1-14-15(2)29-23-20(14)22(27)25-21(26-23)17(13-24)11-16-7-6-10-19(12-16)28-18-8-4-3-5-9-18/h3-12H,1-2H3,(H,25,26,27)/b17-11+. The molecular weight excluding hydrogens is 382 g/mol. The van der Waals surface area contributed by atoms with Crippen LogP contribution < -0.4 is 10.3 Å². The number of allylic oxidation sites excluding steroid dienone is 1. The van der Waals surface area contributed by atoms with E-state index in [1.165, 1.54) is 11.3 Å². The van der Waals surface area contributed by atoms with Gasteiger partial charge in [-0.25, -0.2) is 4.98 Å². The molecule has 0 unspecified atom stereocenters. The van der Waals surface area contributed by atoms with Crippen molar-refractivity contribution in [3.63, 3.8) is 0 Å². The Balaban J connectivity index is 1.72. The lowest BCUT2D eigenvalue weighted by molar-refractivity contribution is 0.482. The number of aryl methyl sites for hydroxylation is 2. The van der Waals surface area contributed by atoms with Crippen LogP contribution in [0.15, 0.2) is 59.4 Å². The molecule has 2 heterocycles. The number of para-hydroxylation sites is 1. The first kappa shape index (κ1) is 18.7. The number of nitrogens with zero attached hydrogens (tertiary/aromatic N) is 2. The number of ether oxygens (including phenoxy) is 1. The number of H-pyrrole nitrogens is 1. The number of aromatic nitrogens is 2. The smallest absolute Gasteiger partial charge is 0.260 e. The quantitative estimate of drug-likeness (QED) is 0.462. The van der Waals surface area contributed by atoms with Crippen molar-refractivity contribution in [3.05, 3.63) is 86.8 Å². The highest BCUT2D eigenvalue weighted by Gasteiger charge is 2.14. The maximum absolute atomic E-state index is 12.5. The molecule has 0 saturated carbocycles. The number of benzene rings is 2. The highest BCUT2D eigenvalue weighted by atomic mass is 32.1. The fourth-order valence-corrected chi connectivity index (χ4v) is 4.02. The Morgan fingerprint density at radius 2 is 1.90 bits per heavy atom. The van der Waals surface area contributed by atoms with Crippen LogP contribution in [0.5, 0.6) is 11.5 Å². The first-order valence-electron chi connectivity index (χ1n) is 9.00. The molecule has 0 radical (unpaired) electrons. The molecule has 0 aliphatic carbocycles. The van der Waals surface area contributed by atoms with Crippen LogP contribution in [0.2, 0.25) is 0 Å². The summed E-state index contributed by atoms with van der Waals surface area (Å²) in [6.45, 7) is 3.87. The van der Waals surface area contributed by atoms with Gasteiger partial charge in [-0.05, 0) is 55.3 Å².